The van der Waals surface area contributed by atoms with E-state index in [1.165, 1.54) is 29.9 Å². The molecule has 1 atom stereocenters. The minimum atomic E-state index is -3.83. The van der Waals surface area contributed by atoms with E-state index in [0.29, 0.717) is 12.4 Å². The van der Waals surface area contributed by atoms with Crippen LogP contribution in [0.2, 0.25) is 0 Å². The zero-order chi connectivity index (χ0) is 17.9. The largest absolute Gasteiger partial charge is 0.468 e. The van der Waals surface area contributed by atoms with Crippen molar-refractivity contribution in [1.82, 2.24) is 9.29 Å². The lowest BCUT2D eigenvalue weighted by Gasteiger charge is -2.23. The van der Waals surface area contributed by atoms with Crippen molar-refractivity contribution in [3.8, 4) is 0 Å². The number of methoxy groups -OCH3 is 1. The number of ether oxygens (including phenoxy) is 2. The normalized spacial score (nSPS) is 17.9. The van der Waals surface area contributed by atoms with Crippen LogP contribution in [0.4, 0.5) is 0 Å². The molecule has 1 aliphatic heterocycles. The maximum atomic E-state index is 13.0. The van der Waals surface area contributed by atoms with Crippen LogP contribution in [0.5, 0.6) is 0 Å². The van der Waals surface area contributed by atoms with Gasteiger partial charge in [0.25, 0.3) is 0 Å². The summed E-state index contributed by atoms with van der Waals surface area (Å²) in [5.41, 5.74) is 0.0798. The van der Waals surface area contributed by atoms with Gasteiger partial charge in [-0.2, -0.15) is 4.31 Å². The number of nitrogens with one attached hydrogen (secondary N) is 1. The van der Waals surface area contributed by atoms with Crippen LogP contribution >= 0.6 is 0 Å². The molecule has 0 bridgehead atoms. The van der Waals surface area contributed by atoms with Gasteiger partial charge in [0.1, 0.15) is 16.3 Å². The molecule has 0 spiro atoms. The van der Waals surface area contributed by atoms with Crippen LogP contribution in [0.15, 0.2) is 40.0 Å². The second kappa shape index (κ2) is 7.42. The van der Waals surface area contributed by atoms with Gasteiger partial charge in [0.05, 0.1) is 26.0 Å². The number of H-pyrrole nitrogens is 1. The summed E-state index contributed by atoms with van der Waals surface area (Å²) >= 11 is 0. The Morgan fingerprint density at radius 3 is 2.96 bits per heavy atom. The molecule has 2 aromatic heterocycles. The Kier molecular flexibility index (Phi) is 5.26. The number of carbonyl (C=O) groups is 1. The smallest absolute Gasteiger partial charge is 0.354 e. The molecule has 8 nitrogen and oxygen atoms in total. The molecule has 0 aliphatic carbocycles. The molecular formula is C16H20N2O6S. The van der Waals surface area contributed by atoms with Crippen molar-refractivity contribution in [1.29, 1.82) is 0 Å². The third-order valence-electron chi connectivity index (χ3n) is 4.04. The predicted octanol–water partition coefficient (Wildman–Crippen LogP) is 1.76. The highest BCUT2D eigenvalue weighted by Crippen LogP contribution is 2.23. The van der Waals surface area contributed by atoms with Crippen molar-refractivity contribution in [2.45, 2.75) is 30.4 Å². The van der Waals surface area contributed by atoms with E-state index in [0.717, 1.165) is 12.8 Å². The monoisotopic (exact) mass is 368 g/mol. The van der Waals surface area contributed by atoms with Crippen molar-refractivity contribution in [3.05, 3.63) is 42.1 Å². The fourth-order valence-corrected chi connectivity index (χ4v) is 4.17. The average Bonchev–Trinajstić information content (AvgIpc) is 3.35. The van der Waals surface area contributed by atoms with Gasteiger partial charge in [-0.05, 0) is 31.0 Å². The summed E-state index contributed by atoms with van der Waals surface area (Å²) in [7, 11) is -2.60. The Hall–Kier alpha value is -2.10. The number of rotatable bonds is 7. The van der Waals surface area contributed by atoms with Gasteiger partial charge in [-0.25, -0.2) is 13.2 Å². The second-order valence-electron chi connectivity index (χ2n) is 5.75. The van der Waals surface area contributed by atoms with Gasteiger partial charge >= 0.3 is 5.97 Å². The Morgan fingerprint density at radius 1 is 1.48 bits per heavy atom. The molecule has 0 saturated carbocycles. The van der Waals surface area contributed by atoms with Crippen LogP contribution < -0.4 is 0 Å². The molecule has 0 unspecified atom stereocenters. The standard InChI is InChI=1S/C16H20N2O6S/c1-22-16(19)15-8-14(9-17-15)25(20,21)18(10-12-4-2-6-23-12)11-13-5-3-7-24-13/h2,4,6,8-9,13,17H,3,5,7,10-11H2,1H3/t13-/m0/s1. The van der Waals surface area contributed by atoms with E-state index < -0.39 is 16.0 Å². The molecule has 2 aromatic rings. The Bertz CT molecular complexity index is 806. The van der Waals surface area contributed by atoms with Crippen molar-refractivity contribution >= 4 is 16.0 Å². The number of furan rings is 1. The number of hydrogen-bond acceptors (Lipinski definition) is 6. The highest BCUT2D eigenvalue weighted by atomic mass is 32.2. The number of aromatic amines is 1. The molecule has 0 radical (unpaired) electrons. The van der Waals surface area contributed by atoms with Crippen LogP contribution in [-0.2, 0) is 26.0 Å². The highest BCUT2D eigenvalue weighted by Gasteiger charge is 2.31. The van der Waals surface area contributed by atoms with E-state index in [4.69, 9.17) is 9.15 Å². The number of sulfonamides is 1. The van der Waals surface area contributed by atoms with Crippen molar-refractivity contribution in [2.24, 2.45) is 0 Å². The minimum Gasteiger partial charge on any atom is -0.468 e. The molecule has 1 N–H and O–H groups in total. The highest BCUT2D eigenvalue weighted by molar-refractivity contribution is 7.89. The van der Waals surface area contributed by atoms with E-state index in [9.17, 15) is 13.2 Å². The van der Waals surface area contributed by atoms with E-state index in [1.807, 2.05) is 0 Å². The van der Waals surface area contributed by atoms with Gasteiger partial charge < -0.3 is 18.9 Å². The third-order valence-corrected chi connectivity index (χ3v) is 5.83. The molecule has 1 fully saturated rings. The van der Waals surface area contributed by atoms with Gasteiger partial charge in [-0.1, -0.05) is 0 Å². The minimum absolute atomic E-state index is 0.00236. The number of aromatic nitrogens is 1. The molecule has 136 valence electrons. The molecule has 0 aromatic carbocycles. The molecular weight excluding hydrogens is 348 g/mol. The van der Waals surface area contributed by atoms with Crippen molar-refractivity contribution < 1.29 is 27.1 Å². The molecule has 9 heteroatoms. The molecule has 0 amide bonds. The number of esters is 1. The van der Waals surface area contributed by atoms with Crippen molar-refractivity contribution in [3.63, 3.8) is 0 Å². The van der Waals surface area contributed by atoms with Gasteiger partial charge in [-0.3, -0.25) is 0 Å². The summed E-state index contributed by atoms with van der Waals surface area (Å²) in [6.07, 6.45) is 4.36. The molecule has 25 heavy (non-hydrogen) atoms. The molecule has 3 rings (SSSR count). The van der Waals surface area contributed by atoms with E-state index in [2.05, 4.69) is 9.72 Å². The van der Waals surface area contributed by atoms with E-state index in [1.54, 1.807) is 12.1 Å². The van der Waals surface area contributed by atoms with Crippen LogP contribution in [0.25, 0.3) is 0 Å². The number of nitrogens with zero attached hydrogens (tertiary/aromatic N) is 1. The first-order valence-corrected chi connectivity index (χ1v) is 9.35. The van der Waals surface area contributed by atoms with E-state index in [-0.39, 0.29) is 29.8 Å². The zero-order valence-corrected chi connectivity index (χ0v) is 14.6. The lowest BCUT2D eigenvalue weighted by Crippen LogP contribution is -2.36. The van der Waals surface area contributed by atoms with Gasteiger partial charge in [0.2, 0.25) is 10.0 Å². The van der Waals surface area contributed by atoms with Gasteiger partial charge in [-0.15, -0.1) is 0 Å². The summed E-state index contributed by atoms with van der Waals surface area (Å²) in [5.74, 6) is -0.0940. The lowest BCUT2D eigenvalue weighted by molar-refractivity contribution is 0.0594. The summed E-state index contributed by atoms with van der Waals surface area (Å²) in [5, 5.41) is 0. The zero-order valence-electron chi connectivity index (χ0n) is 13.8. The van der Waals surface area contributed by atoms with Crippen molar-refractivity contribution in [2.75, 3.05) is 20.3 Å². The maximum absolute atomic E-state index is 13.0. The van der Waals surface area contributed by atoms with Crippen LogP contribution in [0, 0.1) is 0 Å². The Morgan fingerprint density at radius 2 is 2.32 bits per heavy atom. The fourth-order valence-electron chi connectivity index (χ4n) is 2.74. The summed E-state index contributed by atoms with van der Waals surface area (Å²) in [6, 6.07) is 4.69. The molecule has 1 saturated heterocycles. The first kappa shape index (κ1) is 17.7. The molecule has 1 aliphatic rings. The fraction of sp³-hybridized carbons (Fsp3) is 0.438. The van der Waals surface area contributed by atoms with Crippen LogP contribution in [0.1, 0.15) is 29.1 Å². The average molecular weight is 368 g/mol. The maximum Gasteiger partial charge on any atom is 0.354 e. The summed E-state index contributed by atoms with van der Waals surface area (Å²) < 4.78 is 42.8. The van der Waals surface area contributed by atoms with Crippen LogP contribution in [-0.4, -0.2) is 50.0 Å². The topological polar surface area (TPSA) is 102 Å². The SMILES string of the molecule is COC(=O)c1cc(S(=O)(=O)N(Cc2ccco2)C[C@@H]2CCCO2)c[nH]1. The lowest BCUT2D eigenvalue weighted by atomic mass is 10.2. The van der Waals surface area contributed by atoms with Crippen LogP contribution in [0.3, 0.4) is 0 Å². The summed E-state index contributed by atoms with van der Waals surface area (Å²) in [4.78, 5) is 14.2. The predicted molar refractivity (Wildman–Crippen MR) is 87.4 cm³/mol. The third kappa shape index (κ3) is 3.94. The van der Waals surface area contributed by atoms with E-state index >= 15 is 0 Å². The van der Waals surface area contributed by atoms with Gasteiger partial charge in [0.15, 0.2) is 0 Å². The van der Waals surface area contributed by atoms with Gasteiger partial charge in [0, 0.05) is 19.3 Å². The first-order valence-electron chi connectivity index (χ1n) is 7.91. The molecule has 3 heterocycles. The Balaban J connectivity index is 1.86. The summed E-state index contributed by atoms with van der Waals surface area (Å²) in [6.45, 7) is 0.950. The Labute approximate surface area is 145 Å². The first-order chi connectivity index (χ1) is 12.0. The second-order valence-corrected chi connectivity index (χ2v) is 7.69. The number of hydrogen-bond donors (Lipinski definition) is 1. The number of carbonyl (C=O) groups excluding carboxylic acids is 1. The quantitative estimate of drug-likeness (QED) is 0.747.